The number of hydrogen-bond donors (Lipinski definition) is 0. The summed E-state index contributed by atoms with van der Waals surface area (Å²) in [5, 5.41) is 1.29. The van der Waals surface area contributed by atoms with Crippen LogP contribution in [-0.4, -0.2) is 4.57 Å². The molecule has 0 fully saturated rings. The molecule has 0 N–H and O–H groups in total. The average Bonchev–Trinajstić information content (AvgIpc) is 2.82. The molecule has 0 unspecified atom stereocenters. The SMILES string of the molecule is CCc1ccc(Cn2ccc3ccc(Br)cc32)cc1. The first kappa shape index (κ1) is 12.5. The van der Waals surface area contributed by atoms with Crippen molar-refractivity contribution in [2.75, 3.05) is 0 Å². The third kappa shape index (κ3) is 2.59. The lowest BCUT2D eigenvalue weighted by Crippen LogP contribution is -1.97. The van der Waals surface area contributed by atoms with E-state index < -0.39 is 0 Å². The Bertz CT molecular complexity index is 695. The van der Waals surface area contributed by atoms with E-state index in [0.29, 0.717) is 0 Å². The van der Waals surface area contributed by atoms with Crippen molar-refractivity contribution in [3.8, 4) is 0 Å². The van der Waals surface area contributed by atoms with Crippen LogP contribution in [0.2, 0.25) is 0 Å². The minimum Gasteiger partial charge on any atom is -0.343 e. The minimum atomic E-state index is 0.921. The Hall–Kier alpha value is -1.54. The Morgan fingerprint density at radius 3 is 2.42 bits per heavy atom. The van der Waals surface area contributed by atoms with E-state index in [-0.39, 0.29) is 0 Å². The number of halogens is 1. The molecule has 0 aliphatic rings. The highest BCUT2D eigenvalue weighted by Gasteiger charge is 2.02. The fraction of sp³-hybridized carbons (Fsp3) is 0.176. The third-order valence-corrected chi connectivity index (χ3v) is 4.01. The predicted molar refractivity (Wildman–Crippen MR) is 84.6 cm³/mol. The number of rotatable bonds is 3. The molecule has 0 radical (unpaired) electrons. The zero-order valence-corrected chi connectivity index (χ0v) is 12.5. The van der Waals surface area contributed by atoms with Gasteiger partial charge in [-0.25, -0.2) is 0 Å². The largest absolute Gasteiger partial charge is 0.343 e. The van der Waals surface area contributed by atoms with Crippen LogP contribution in [0.5, 0.6) is 0 Å². The van der Waals surface area contributed by atoms with Crippen LogP contribution in [0.25, 0.3) is 10.9 Å². The highest BCUT2D eigenvalue weighted by Crippen LogP contribution is 2.22. The summed E-state index contributed by atoms with van der Waals surface area (Å²) in [5.41, 5.74) is 4.01. The number of aryl methyl sites for hydroxylation is 1. The number of fused-ring (bicyclic) bond motifs is 1. The minimum absolute atomic E-state index is 0.921. The Kier molecular flexibility index (Phi) is 3.43. The molecule has 96 valence electrons. The van der Waals surface area contributed by atoms with E-state index in [1.165, 1.54) is 22.0 Å². The van der Waals surface area contributed by atoms with E-state index in [4.69, 9.17) is 0 Å². The Morgan fingerprint density at radius 1 is 0.947 bits per heavy atom. The predicted octanol–water partition coefficient (Wildman–Crippen LogP) is 5.01. The Balaban J connectivity index is 1.93. The van der Waals surface area contributed by atoms with Gasteiger partial charge in [-0.15, -0.1) is 0 Å². The van der Waals surface area contributed by atoms with Gasteiger partial charge in [0.1, 0.15) is 0 Å². The average molecular weight is 314 g/mol. The summed E-state index contributed by atoms with van der Waals surface area (Å²) in [7, 11) is 0. The van der Waals surface area contributed by atoms with E-state index >= 15 is 0 Å². The van der Waals surface area contributed by atoms with Gasteiger partial charge < -0.3 is 4.57 Å². The lowest BCUT2D eigenvalue weighted by Gasteiger charge is -2.07. The second kappa shape index (κ2) is 5.22. The maximum absolute atomic E-state index is 3.54. The fourth-order valence-corrected chi connectivity index (χ4v) is 2.72. The van der Waals surface area contributed by atoms with Gasteiger partial charge in [0, 0.05) is 22.7 Å². The summed E-state index contributed by atoms with van der Waals surface area (Å²) in [6.07, 6.45) is 3.25. The maximum Gasteiger partial charge on any atom is 0.0494 e. The van der Waals surface area contributed by atoms with Crippen LogP contribution < -0.4 is 0 Å². The second-order valence-corrected chi connectivity index (χ2v) is 5.73. The standard InChI is InChI=1S/C17H16BrN/c1-2-13-3-5-14(6-4-13)12-19-10-9-15-7-8-16(18)11-17(15)19/h3-11H,2,12H2,1H3. The maximum atomic E-state index is 3.54. The van der Waals surface area contributed by atoms with Crippen LogP contribution in [-0.2, 0) is 13.0 Å². The molecule has 0 aliphatic carbocycles. The third-order valence-electron chi connectivity index (χ3n) is 3.52. The van der Waals surface area contributed by atoms with Crippen LogP contribution >= 0.6 is 15.9 Å². The van der Waals surface area contributed by atoms with E-state index in [2.05, 4.69) is 82.1 Å². The van der Waals surface area contributed by atoms with Crippen molar-refractivity contribution in [1.29, 1.82) is 0 Å². The summed E-state index contributed by atoms with van der Waals surface area (Å²) in [6.45, 7) is 3.11. The Morgan fingerprint density at radius 2 is 1.68 bits per heavy atom. The lowest BCUT2D eigenvalue weighted by atomic mass is 10.1. The molecule has 0 saturated heterocycles. The quantitative estimate of drug-likeness (QED) is 0.640. The molecule has 0 bridgehead atoms. The summed E-state index contributed by atoms with van der Waals surface area (Å²) in [5.74, 6) is 0. The summed E-state index contributed by atoms with van der Waals surface area (Å²) in [6, 6.07) is 17.5. The van der Waals surface area contributed by atoms with Gasteiger partial charge in [-0.05, 0) is 41.1 Å². The monoisotopic (exact) mass is 313 g/mol. The molecule has 1 nitrogen and oxygen atoms in total. The van der Waals surface area contributed by atoms with E-state index in [1.54, 1.807) is 0 Å². The highest BCUT2D eigenvalue weighted by atomic mass is 79.9. The van der Waals surface area contributed by atoms with Gasteiger partial charge in [0.2, 0.25) is 0 Å². The van der Waals surface area contributed by atoms with Crippen LogP contribution in [0.1, 0.15) is 18.1 Å². The van der Waals surface area contributed by atoms with Crippen LogP contribution in [0.3, 0.4) is 0 Å². The molecule has 1 aromatic heterocycles. The van der Waals surface area contributed by atoms with Crippen LogP contribution in [0.4, 0.5) is 0 Å². The van der Waals surface area contributed by atoms with E-state index in [9.17, 15) is 0 Å². The van der Waals surface area contributed by atoms with E-state index in [1.807, 2.05) is 0 Å². The van der Waals surface area contributed by atoms with Crippen molar-refractivity contribution >= 4 is 26.8 Å². The van der Waals surface area contributed by atoms with Crippen LogP contribution in [0.15, 0.2) is 59.2 Å². The van der Waals surface area contributed by atoms with Gasteiger partial charge in [-0.3, -0.25) is 0 Å². The van der Waals surface area contributed by atoms with Crippen molar-refractivity contribution in [2.45, 2.75) is 19.9 Å². The molecule has 19 heavy (non-hydrogen) atoms. The summed E-state index contributed by atoms with van der Waals surface area (Å²) >= 11 is 3.54. The number of benzene rings is 2. The van der Waals surface area contributed by atoms with Crippen molar-refractivity contribution in [2.24, 2.45) is 0 Å². The van der Waals surface area contributed by atoms with Crippen LogP contribution in [0, 0.1) is 0 Å². The molecule has 0 saturated carbocycles. The zero-order chi connectivity index (χ0) is 13.2. The normalized spacial score (nSPS) is 11.1. The van der Waals surface area contributed by atoms with Crippen molar-refractivity contribution < 1.29 is 0 Å². The second-order valence-electron chi connectivity index (χ2n) is 4.82. The van der Waals surface area contributed by atoms with Gasteiger partial charge in [0.15, 0.2) is 0 Å². The highest BCUT2D eigenvalue weighted by molar-refractivity contribution is 9.10. The molecule has 3 aromatic rings. The molecule has 3 rings (SSSR count). The molecule has 0 aliphatic heterocycles. The van der Waals surface area contributed by atoms with E-state index in [0.717, 1.165) is 17.4 Å². The summed E-state index contributed by atoms with van der Waals surface area (Å²) < 4.78 is 3.42. The number of nitrogens with zero attached hydrogens (tertiary/aromatic N) is 1. The topological polar surface area (TPSA) is 4.93 Å². The van der Waals surface area contributed by atoms with Crippen molar-refractivity contribution in [1.82, 2.24) is 4.57 Å². The Labute approximate surface area is 122 Å². The number of aromatic nitrogens is 1. The molecular formula is C17H16BrN. The van der Waals surface area contributed by atoms with Gasteiger partial charge >= 0.3 is 0 Å². The summed E-state index contributed by atoms with van der Waals surface area (Å²) in [4.78, 5) is 0. The first-order valence-electron chi connectivity index (χ1n) is 6.58. The van der Waals surface area contributed by atoms with Gasteiger partial charge in [-0.1, -0.05) is 53.2 Å². The van der Waals surface area contributed by atoms with Gasteiger partial charge in [0.05, 0.1) is 0 Å². The lowest BCUT2D eigenvalue weighted by molar-refractivity contribution is 0.836. The zero-order valence-electron chi connectivity index (χ0n) is 10.9. The molecule has 2 aromatic carbocycles. The first-order chi connectivity index (χ1) is 9.26. The molecular weight excluding hydrogens is 298 g/mol. The molecule has 0 spiro atoms. The van der Waals surface area contributed by atoms with Crippen molar-refractivity contribution in [3.05, 3.63) is 70.3 Å². The van der Waals surface area contributed by atoms with Gasteiger partial charge in [-0.2, -0.15) is 0 Å². The first-order valence-corrected chi connectivity index (χ1v) is 7.38. The van der Waals surface area contributed by atoms with Gasteiger partial charge in [0.25, 0.3) is 0 Å². The molecule has 0 amide bonds. The molecule has 1 heterocycles. The smallest absolute Gasteiger partial charge is 0.0494 e. The molecule has 2 heteroatoms. The number of hydrogen-bond acceptors (Lipinski definition) is 0. The van der Waals surface area contributed by atoms with Crippen molar-refractivity contribution in [3.63, 3.8) is 0 Å². The molecule has 0 atom stereocenters. The fourth-order valence-electron chi connectivity index (χ4n) is 2.37.